The molecular formula is C10H11BrO3. The molecule has 1 atom stereocenters. The molecular weight excluding hydrogens is 248 g/mol. The third kappa shape index (κ3) is 3.79. The van der Waals surface area contributed by atoms with Gasteiger partial charge in [0.25, 0.3) is 0 Å². The zero-order valence-electron chi connectivity index (χ0n) is 7.74. The quantitative estimate of drug-likeness (QED) is 0.904. The molecule has 0 bridgehead atoms. The summed E-state index contributed by atoms with van der Waals surface area (Å²) in [6.07, 6.45) is -0.311. The molecule has 1 N–H and O–H groups in total. The maximum absolute atomic E-state index is 10.4. The van der Waals surface area contributed by atoms with Crippen molar-refractivity contribution in [1.82, 2.24) is 0 Å². The Hall–Kier alpha value is -1.03. The van der Waals surface area contributed by atoms with Gasteiger partial charge in [0, 0.05) is 4.47 Å². The summed E-state index contributed by atoms with van der Waals surface area (Å²) in [5.41, 5.74) is 0. The Kier molecular flexibility index (Phi) is 3.95. The second-order valence-corrected chi connectivity index (χ2v) is 3.90. The van der Waals surface area contributed by atoms with Gasteiger partial charge in [-0.05, 0) is 25.1 Å². The van der Waals surface area contributed by atoms with Crippen molar-refractivity contribution in [2.75, 3.05) is 0 Å². The van der Waals surface area contributed by atoms with Gasteiger partial charge in [0.1, 0.15) is 11.9 Å². The highest BCUT2D eigenvalue weighted by atomic mass is 79.9. The molecule has 0 aliphatic heterocycles. The van der Waals surface area contributed by atoms with Gasteiger partial charge in [0.2, 0.25) is 0 Å². The normalized spacial score (nSPS) is 12.1. The highest BCUT2D eigenvalue weighted by Crippen LogP contribution is 2.19. The van der Waals surface area contributed by atoms with Crippen molar-refractivity contribution >= 4 is 21.9 Å². The first-order valence-electron chi connectivity index (χ1n) is 4.22. The molecule has 4 heteroatoms. The van der Waals surface area contributed by atoms with Gasteiger partial charge in [0.15, 0.2) is 0 Å². The molecule has 0 unspecified atom stereocenters. The second-order valence-electron chi connectivity index (χ2n) is 2.98. The Morgan fingerprint density at radius 3 is 2.93 bits per heavy atom. The molecule has 0 aliphatic rings. The highest BCUT2D eigenvalue weighted by Gasteiger charge is 2.08. The van der Waals surface area contributed by atoms with E-state index in [2.05, 4.69) is 15.9 Å². The lowest BCUT2D eigenvalue weighted by atomic mass is 10.3. The molecule has 1 aromatic rings. The molecule has 1 rings (SSSR count). The predicted molar refractivity (Wildman–Crippen MR) is 56.5 cm³/mol. The predicted octanol–water partition coefficient (Wildman–Crippen LogP) is 2.69. The van der Waals surface area contributed by atoms with Gasteiger partial charge in [0.05, 0.1) is 6.42 Å². The van der Waals surface area contributed by atoms with Crippen LogP contribution >= 0.6 is 15.9 Å². The van der Waals surface area contributed by atoms with E-state index in [0.29, 0.717) is 5.75 Å². The number of ether oxygens (including phenoxy) is 1. The Bertz CT molecular complexity index is 325. The Balaban J connectivity index is 2.55. The van der Waals surface area contributed by atoms with Crippen LogP contribution in [0.2, 0.25) is 0 Å². The van der Waals surface area contributed by atoms with Crippen LogP contribution in [-0.2, 0) is 4.79 Å². The fourth-order valence-corrected chi connectivity index (χ4v) is 1.44. The fraction of sp³-hybridized carbons (Fsp3) is 0.300. The lowest BCUT2D eigenvalue weighted by Crippen LogP contribution is -2.16. The second kappa shape index (κ2) is 5.00. The standard InChI is InChI=1S/C10H11BrO3/c1-7(5-10(12)13)14-9-4-2-3-8(11)6-9/h2-4,6-7H,5H2,1H3,(H,12,13)/t7-/m0/s1. The number of hydrogen-bond acceptors (Lipinski definition) is 2. The van der Waals surface area contributed by atoms with Gasteiger partial charge < -0.3 is 9.84 Å². The minimum atomic E-state index is -0.854. The van der Waals surface area contributed by atoms with Gasteiger partial charge in [-0.3, -0.25) is 4.79 Å². The number of rotatable bonds is 4. The van der Waals surface area contributed by atoms with Gasteiger partial charge >= 0.3 is 5.97 Å². The van der Waals surface area contributed by atoms with E-state index in [1.165, 1.54) is 0 Å². The minimum absolute atomic E-state index is 0.00646. The lowest BCUT2D eigenvalue weighted by molar-refractivity contribution is -0.138. The van der Waals surface area contributed by atoms with Crippen LogP contribution in [0.4, 0.5) is 0 Å². The number of carboxylic acid groups (broad SMARTS) is 1. The van der Waals surface area contributed by atoms with E-state index in [1.54, 1.807) is 19.1 Å². The third-order valence-electron chi connectivity index (χ3n) is 1.60. The maximum atomic E-state index is 10.4. The van der Waals surface area contributed by atoms with Gasteiger partial charge in [-0.15, -0.1) is 0 Å². The van der Waals surface area contributed by atoms with Crippen LogP contribution in [-0.4, -0.2) is 17.2 Å². The zero-order valence-corrected chi connectivity index (χ0v) is 9.32. The largest absolute Gasteiger partial charge is 0.490 e. The number of carbonyl (C=O) groups is 1. The summed E-state index contributed by atoms with van der Waals surface area (Å²) in [5.74, 6) is -0.180. The molecule has 0 fully saturated rings. The lowest BCUT2D eigenvalue weighted by Gasteiger charge is -2.12. The molecule has 0 spiro atoms. The van der Waals surface area contributed by atoms with Crippen LogP contribution in [0.25, 0.3) is 0 Å². The van der Waals surface area contributed by atoms with Crippen molar-refractivity contribution in [3.63, 3.8) is 0 Å². The molecule has 0 radical (unpaired) electrons. The zero-order chi connectivity index (χ0) is 10.6. The first-order valence-corrected chi connectivity index (χ1v) is 5.01. The molecule has 3 nitrogen and oxygen atoms in total. The minimum Gasteiger partial charge on any atom is -0.490 e. The number of benzene rings is 1. The number of halogens is 1. The molecule has 0 amide bonds. The van der Waals surface area contributed by atoms with E-state index in [4.69, 9.17) is 9.84 Å². The average molecular weight is 259 g/mol. The Morgan fingerprint density at radius 2 is 2.36 bits per heavy atom. The SMILES string of the molecule is C[C@@H](CC(=O)O)Oc1cccc(Br)c1. The molecule has 0 aliphatic carbocycles. The summed E-state index contributed by atoms with van der Waals surface area (Å²) in [6.45, 7) is 1.73. The van der Waals surface area contributed by atoms with Gasteiger partial charge in [-0.1, -0.05) is 22.0 Å². The summed E-state index contributed by atoms with van der Waals surface area (Å²) in [7, 11) is 0. The molecule has 0 heterocycles. The van der Waals surface area contributed by atoms with Crippen molar-refractivity contribution < 1.29 is 14.6 Å². The van der Waals surface area contributed by atoms with Crippen molar-refractivity contribution in [1.29, 1.82) is 0 Å². The van der Waals surface area contributed by atoms with Crippen LogP contribution in [0.5, 0.6) is 5.75 Å². The monoisotopic (exact) mass is 258 g/mol. The van der Waals surface area contributed by atoms with Crippen LogP contribution < -0.4 is 4.74 Å². The fourth-order valence-electron chi connectivity index (χ4n) is 1.06. The van der Waals surface area contributed by atoms with Crippen molar-refractivity contribution in [3.8, 4) is 5.75 Å². The first-order chi connectivity index (χ1) is 6.58. The summed E-state index contributed by atoms with van der Waals surface area (Å²) in [4.78, 5) is 10.4. The summed E-state index contributed by atoms with van der Waals surface area (Å²) >= 11 is 3.31. The molecule has 0 aromatic heterocycles. The van der Waals surface area contributed by atoms with Crippen molar-refractivity contribution in [2.45, 2.75) is 19.4 Å². The molecule has 0 saturated heterocycles. The van der Waals surface area contributed by atoms with Crippen LogP contribution in [0.15, 0.2) is 28.7 Å². The summed E-state index contributed by atoms with van der Waals surface area (Å²) < 4.78 is 6.31. The number of carboxylic acids is 1. The summed E-state index contributed by atoms with van der Waals surface area (Å²) in [5, 5.41) is 8.53. The number of hydrogen-bond donors (Lipinski definition) is 1. The van der Waals surface area contributed by atoms with E-state index in [0.717, 1.165) is 4.47 Å². The summed E-state index contributed by atoms with van der Waals surface area (Å²) in [6, 6.07) is 7.32. The smallest absolute Gasteiger partial charge is 0.307 e. The Morgan fingerprint density at radius 1 is 1.64 bits per heavy atom. The van der Waals surface area contributed by atoms with E-state index in [1.807, 2.05) is 12.1 Å². The van der Waals surface area contributed by atoms with E-state index >= 15 is 0 Å². The van der Waals surface area contributed by atoms with E-state index in [9.17, 15) is 4.79 Å². The van der Waals surface area contributed by atoms with Gasteiger partial charge in [-0.2, -0.15) is 0 Å². The van der Waals surface area contributed by atoms with E-state index in [-0.39, 0.29) is 12.5 Å². The third-order valence-corrected chi connectivity index (χ3v) is 2.09. The number of aliphatic carboxylic acids is 1. The highest BCUT2D eigenvalue weighted by molar-refractivity contribution is 9.10. The van der Waals surface area contributed by atoms with Crippen LogP contribution in [0.3, 0.4) is 0 Å². The average Bonchev–Trinajstić information content (AvgIpc) is 2.01. The van der Waals surface area contributed by atoms with Gasteiger partial charge in [-0.25, -0.2) is 0 Å². The van der Waals surface area contributed by atoms with E-state index < -0.39 is 5.97 Å². The molecule has 14 heavy (non-hydrogen) atoms. The first kappa shape index (κ1) is 11.0. The van der Waals surface area contributed by atoms with Crippen LogP contribution in [0, 0.1) is 0 Å². The maximum Gasteiger partial charge on any atom is 0.307 e. The molecule has 0 saturated carbocycles. The van der Waals surface area contributed by atoms with Crippen molar-refractivity contribution in [2.24, 2.45) is 0 Å². The van der Waals surface area contributed by atoms with Crippen LogP contribution in [0.1, 0.15) is 13.3 Å². The topological polar surface area (TPSA) is 46.5 Å². The molecule has 1 aromatic carbocycles. The van der Waals surface area contributed by atoms with Crippen molar-refractivity contribution in [3.05, 3.63) is 28.7 Å². The molecule has 76 valence electrons. The Labute approximate surface area is 90.8 Å².